The zero-order valence-electron chi connectivity index (χ0n) is 12.3. The Kier molecular flexibility index (Phi) is 6.49. The predicted octanol–water partition coefficient (Wildman–Crippen LogP) is 4.03. The molecule has 0 saturated carbocycles. The highest BCUT2D eigenvalue weighted by Gasteiger charge is 2.30. The van der Waals surface area contributed by atoms with Gasteiger partial charge < -0.3 is 14.8 Å². The van der Waals surface area contributed by atoms with Crippen LogP contribution in [0.4, 0.5) is 18.9 Å². The lowest BCUT2D eigenvalue weighted by molar-refractivity contribution is -0.184. The molecule has 4 nitrogen and oxygen atoms in total. The third kappa shape index (κ3) is 6.11. The molecule has 1 aromatic carbocycles. The first kappa shape index (κ1) is 18.6. The first-order valence-electron chi connectivity index (χ1n) is 6.54. The number of anilines is 1. The molecule has 8 heteroatoms. The van der Waals surface area contributed by atoms with Crippen LogP contribution < -0.4 is 10.1 Å². The summed E-state index contributed by atoms with van der Waals surface area (Å²) in [4.78, 5) is 11.9. The van der Waals surface area contributed by atoms with E-state index in [1.807, 2.05) is 0 Å². The molecule has 1 amide bonds. The molecule has 1 aromatic rings. The van der Waals surface area contributed by atoms with Crippen LogP contribution in [0.25, 0.3) is 0 Å². The van der Waals surface area contributed by atoms with Crippen LogP contribution in [0.15, 0.2) is 18.2 Å². The van der Waals surface area contributed by atoms with Gasteiger partial charge in [0.05, 0.1) is 16.8 Å². The average Bonchev–Trinajstić information content (AvgIpc) is 2.38. The van der Waals surface area contributed by atoms with Crippen LogP contribution in [-0.2, 0) is 9.53 Å². The minimum atomic E-state index is -4.49. The number of hydrogen-bond acceptors (Lipinski definition) is 3. The topological polar surface area (TPSA) is 47.6 Å². The molecule has 0 aromatic heterocycles. The number of carbonyl (C=O) groups is 1. The summed E-state index contributed by atoms with van der Waals surface area (Å²) in [6, 6.07) is 4.71. The summed E-state index contributed by atoms with van der Waals surface area (Å²) < 4.78 is 46.2. The second-order valence-corrected chi connectivity index (χ2v) is 5.25. The number of hydrogen-bond donors (Lipinski definition) is 1. The highest BCUT2D eigenvalue weighted by Crippen LogP contribution is 2.33. The third-order valence-electron chi connectivity index (χ3n) is 2.44. The van der Waals surface area contributed by atoms with Crippen molar-refractivity contribution in [3.8, 4) is 5.75 Å². The minimum Gasteiger partial charge on any atom is -0.487 e. The summed E-state index contributed by atoms with van der Waals surface area (Å²) in [5, 5.41) is 2.74. The van der Waals surface area contributed by atoms with E-state index >= 15 is 0 Å². The molecule has 0 saturated heterocycles. The van der Waals surface area contributed by atoms with Crippen LogP contribution in [0, 0.1) is 0 Å². The molecule has 0 fully saturated rings. The zero-order valence-corrected chi connectivity index (χ0v) is 13.1. The maximum atomic E-state index is 12.1. The van der Waals surface area contributed by atoms with E-state index in [9.17, 15) is 18.0 Å². The first-order chi connectivity index (χ1) is 10.1. The van der Waals surface area contributed by atoms with Crippen molar-refractivity contribution in [1.82, 2.24) is 0 Å². The summed E-state index contributed by atoms with van der Waals surface area (Å²) in [6.07, 6.45) is -5.95. The lowest BCUT2D eigenvalue weighted by Gasteiger charge is -2.18. The molecule has 0 aliphatic carbocycles. The molecule has 0 aliphatic heterocycles. The van der Waals surface area contributed by atoms with Crippen molar-refractivity contribution in [2.24, 2.45) is 0 Å². The van der Waals surface area contributed by atoms with Crippen molar-refractivity contribution in [1.29, 1.82) is 0 Å². The SMILES string of the molecule is CC(C)Oc1c(Cl)cccc1NC(=O)[C@H](C)OCC(F)(F)F. The van der Waals surface area contributed by atoms with E-state index in [0.717, 1.165) is 0 Å². The van der Waals surface area contributed by atoms with E-state index in [0.29, 0.717) is 0 Å². The van der Waals surface area contributed by atoms with E-state index in [1.54, 1.807) is 26.0 Å². The lowest BCUT2D eigenvalue weighted by atomic mass is 10.2. The smallest absolute Gasteiger partial charge is 0.411 e. The van der Waals surface area contributed by atoms with Crippen LogP contribution in [-0.4, -0.2) is 30.9 Å². The van der Waals surface area contributed by atoms with Gasteiger partial charge in [0.2, 0.25) is 0 Å². The van der Waals surface area contributed by atoms with E-state index in [4.69, 9.17) is 16.3 Å². The van der Waals surface area contributed by atoms with Gasteiger partial charge in [0.1, 0.15) is 12.7 Å². The number of nitrogens with one attached hydrogen (secondary N) is 1. The number of benzene rings is 1. The van der Waals surface area contributed by atoms with E-state index in [2.05, 4.69) is 10.1 Å². The Labute approximate surface area is 131 Å². The van der Waals surface area contributed by atoms with Crippen LogP contribution in [0.2, 0.25) is 5.02 Å². The van der Waals surface area contributed by atoms with Crippen molar-refractivity contribution in [2.75, 3.05) is 11.9 Å². The van der Waals surface area contributed by atoms with Gasteiger partial charge in [-0.25, -0.2) is 0 Å². The van der Waals surface area contributed by atoms with Gasteiger partial charge >= 0.3 is 6.18 Å². The molecule has 1 atom stereocenters. The largest absolute Gasteiger partial charge is 0.487 e. The van der Waals surface area contributed by atoms with Crippen molar-refractivity contribution in [3.63, 3.8) is 0 Å². The highest BCUT2D eigenvalue weighted by molar-refractivity contribution is 6.32. The fourth-order valence-electron chi connectivity index (χ4n) is 1.49. The third-order valence-corrected chi connectivity index (χ3v) is 2.74. The normalized spacial score (nSPS) is 13.1. The van der Waals surface area contributed by atoms with Crippen LogP contribution >= 0.6 is 11.6 Å². The van der Waals surface area contributed by atoms with Crippen molar-refractivity contribution in [2.45, 2.75) is 39.2 Å². The van der Waals surface area contributed by atoms with E-state index < -0.39 is 24.8 Å². The minimum absolute atomic E-state index is 0.186. The number of para-hydroxylation sites is 1. The molecule has 0 aliphatic rings. The number of alkyl halides is 3. The standard InChI is InChI=1S/C14H17ClF3NO3/c1-8(2)22-12-10(15)5-4-6-11(12)19-13(20)9(3)21-7-14(16,17)18/h4-6,8-9H,7H2,1-3H3,(H,19,20)/t9-/m0/s1. The highest BCUT2D eigenvalue weighted by atomic mass is 35.5. The summed E-state index contributed by atoms with van der Waals surface area (Å²) in [5.41, 5.74) is 0.272. The molecular weight excluding hydrogens is 323 g/mol. The zero-order chi connectivity index (χ0) is 16.9. The second kappa shape index (κ2) is 7.69. The maximum absolute atomic E-state index is 12.1. The van der Waals surface area contributed by atoms with Gasteiger partial charge in [-0.05, 0) is 32.9 Å². The first-order valence-corrected chi connectivity index (χ1v) is 6.92. The molecule has 0 radical (unpaired) electrons. The quantitative estimate of drug-likeness (QED) is 0.851. The lowest BCUT2D eigenvalue weighted by Crippen LogP contribution is -2.31. The summed E-state index contributed by atoms with van der Waals surface area (Å²) in [7, 11) is 0. The van der Waals surface area contributed by atoms with Gasteiger partial charge in [-0.2, -0.15) is 13.2 Å². The Morgan fingerprint density at radius 3 is 2.50 bits per heavy atom. The molecule has 0 spiro atoms. The Hall–Kier alpha value is -1.47. The molecular formula is C14H17ClF3NO3. The maximum Gasteiger partial charge on any atom is 0.411 e. The Morgan fingerprint density at radius 1 is 1.32 bits per heavy atom. The molecule has 1 N–H and O–H groups in total. The average molecular weight is 340 g/mol. The van der Waals surface area contributed by atoms with Gasteiger partial charge in [0.15, 0.2) is 5.75 Å². The van der Waals surface area contributed by atoms with Gasteiger partial charge in [-0.3, -0.25) is 4.79 Å². The fourth-order valence-corrected chi connectivity index (χ4v) is 1.71. The number of halogens is 4. The molecule has 1 rings (SSSR count). The van der Waals surface area contributed by atoms with E-state index in [-0.39, 0.29) is 22.6 Å². The van der Waals surface area contributed by atoms with Crippen molar-refractivity contribution >= 4 is 23.2 Å². The number of carbonyl (C=O) groups excluding carboxylic acids is 1. The van der Waals surface area contributed by atoms with Crippen LogP contribution in [0.3, 0.4) is 0 Å². The summed E-state index contributed by atoms with van der Waals surface area (Å²) >= 11 is 6.00. The monoisotopic (exact) mass is 339 g/mol. The van der Waals surface area contributed by atoms with Crippen LogP contribution in [0.1, 0.15) is 20.8 Å². The predicted molar refractivity (Wildman–Crippen MR) is 77.3 cm³/mol. The Bertz CT molecular complexity index is 521. The fraction of sp³-hybridized carbons (Fsp3) is 0.500. The number of ether oxygens (including phenoxy) is 2. The van der Waals surface area contributed by atoms with Gasteiger partial charge in [-0.15, -0.1) is 0 Å². The van der Waals surface area contributed by atoms with Gasteiger partial charge in [0, 0.05) is 0 Å². The Balaban J connectivity index is 2.77. The molecule has 0 bridgehead atoms. The van der Waals surface area contributed by atoms with Gasteiger partial charge in [-0.1, -0.05) is 17.7 Å². The summed E-state index contributed by atoms with van der Waals surface area (Å²) in [6.45, 7) is 3.30. The molecule has 22 heavy (non-hydrogen) atoms. The Morgan fingerprint density at radius 2 is 1.95 bits per heavy atom. The van der Waals surface area contributed by atoms with Crippen molar-refractivity contribution < 1.29 is 27.4 Å². The number of amides is 1. The van der Waals surface area contributed by atoms with Crippen LogP contribution in [0.5, 0.6) is 5.75 Å². The summed E-state index contributed by atoms with van der Waals surface area (Å²) in [5.74, 6) is -0.462. The van der Waals surface area contributed by atoms with Crippen molar-refractivity contribution in [3.05, 3.63) is 23.2 Å². The second-order valence-electron chi connectivity index (χ2n) is 4.84. The molecule has 0 heterocycles. The van der Waals surface area contributed by atoms with E-state index in [1.165, 1.54) is 13.0 Å². The number of rotatable bonds is 6. The van der Waals surface area contributed by atoms with Gasteiger partial charge in [0.25, 0.3) is 5.91 Å². The molecule has 124 valence electrons. The molecule has 0 unspecified atom stereocenters.